The molecular formula is C20H32N2O2. The molecule has 2 rings (SSSR count). The van der Waals surface area contributed by atoms with Gasteiger partial charge in [-0.15, -0.1) is 0 Å². The van der Waals surface area contributed by atoms with Crippen LogP contribution in [-0.4, -0.2) is 44.1 Å². The molecule has 4 nitrogen and oxygen atoms in total. The summed E-state index contributed by atoms with van der Waals surface area (Å²) in [4.78, 5) is 14.4. The molecule has 4 heteroatoms. The van der Waals surface area contributed by atoms with E-state index in [0.29, 0.717) is 6.42 Å². The van der Waals surface area contributed by atoms with Gasteiger partial charge in [0.25, 0.3) is 0 Å². The highest BCUT2D eigenvalue weighted by Gasteiger charge is 2.17. The van der Waals surface area contributed by atoms with Crippen molar-refractivity contribution in [2.24, 2.45) is 0 Å². The van der Waals surface area contributed by atoms with E-state index in [0.717, 1.165) is 43.3 Å². The fraction of sp³-hybridized carbons (Fsp3) is 0.650. The number of hydrogen-bond donors (Lipinski definition) is 1. The van der Waals surface area contributed by atoms with Gasteiger partial charge in [-0.1, -0.05) is 31.4 Å². The fourth-order valence-corrected chi connectivity index (χ4v) is 3.43. The van der Waals surface area contributed by atoms with E-state index in [1.54, 1.807) is 7.11 Å². The Morgan fingerprint density at radius 3 is 2.83 bits per heavy atom. The molecule has 0 aliphatic heterocycles. The minimum absolute atomic E-state index is 0.137. The quantitative estimate of drug-likeness (QED) is 0.705. The Kier molecular flexibility index (Phi) is 8.10. The molecule has 134 valence electrons. The van der Waals surface area contributed by atoms with Crippen LogP contribution >= 0.6 is 0 Å². The summed E-state index contributed by atoms with van der Waals surface area (Å²) in [5.41, 5.74) is 1.14. The van der Waals surface area contributed by atoms with E-state index < -0.39 is 0 Å². The van der Waals surface area contributed by atoms with Gasteiger partial charge in [0.1, 0.15) is 5.75 Å². The molecule has 24 heavy (non-hydrogen) atoms. The zero-order valence-electron chi connectivity index (χ0n) is 15.2. The Morgan fingerprint density at radius 1 is 1.29 bits per heavy atom. The molecule has 1 N–H and O–H groups in total. The van der Waals surface area contributed by atoms with Gasteiger partial charge in [-0.05, 0) is 57.0 Å². The predicted molar refractivity (Wildman–Crippen MR) is 98.4 cm³/mol. The Labute approximate surface area is 146 Å². The number of carbonyl (C=O) groups excluding carboxylic acids is 1. The van der Waals surface area contributed by atoms with Crippen LogP contribution in [0, 0.1) is 0 Å². The Morgan fingerprint density at radius 2 is 2.08 bits per heavy atom. The van der Waals surface area contributed by atoms with Gasteiger partial charge in [0.2, 0.25) is 5.91 Å². The van der Waals surface area contributed by atoms with E-state index in [2.05, 4.69) is 17.3 Å². The standard InChI is InChI=1S/C20H32N2O2/c1-22(18-9-4-3-5-10-18)15-7-14-21-20(23)13-12-17-8-6-11-19(16-17)24-2/h6,8,11,16,18H,3-5,7,9-10,12-15H2,1-2H3,(H,21,23). The molecule has 0 radical (unpaired) electrons. The van der Waals surface area contributed by atoms with Crippen LogP contribution in [0.5, 0.6) is 5.75 Å². The second kappa shape index (κ2) is 10.3. The van der Waals surface area contributed by atoms with Crippen molar-refractivity contribution in [3.05, 3.63) is 29.8 Å². The summed E-state index contributed by atoms with van der Waals surface area (Å²) in [5, 5.41) is 3.04. The van der Waals surface area contributed by atoms with Crippen LogP contribution in [0.3, 0.4) is 0 Å². The maximum absolute atomic E-state index is 12.0. The van der Waals surface area contributed by atoms with Gasteiger partial charge in [-0.25, -0.2) is 0 Å². The van der Waals surface area contributed by atoms with E-state index in [9.17, 15) is 4.79 Å². The topological polar surface area (TPSA) is 41.6 Å². The van der Waals surface area contributed by atoms with Crippen molar-refractivity contribution in [3.8, 4) is 5.75 Å². The molecule has 1 aliphatic carbocycles. The number of amides is 1. The Balaban J connectivity index is 1.57. The number of nitrogens with one attached hydrogen (secondary N) is 1. The number of benzene rings is 1. The van der Waals surface area contributed by atoms with Crippen molar-refractivity contribution >= 4 is 5.91 Å². The normalized spacial score (nSPS) is 15.5. The number of hydrogen-bond acceptors (Lipinski definition) is 3. The lowest BCUT2D eigenvalue weighted by Gasteiger charge is -2.31. The molecule has 1 aromatic carbocycles. The molecule has 0 aromatic heterocycles. The zero-order chi connectivity index (χ0) is 17.2. The smallest absolute Gasteiger partial charge is 0.220 e. The van der Waals surface area contributed by atoms with E-state index >= 15 is 0 Å². The van der Waals surface area contributed by atoms with Gasteiger partial charge in [-0.3, -0.25) is 4.79 Å². The molecule has 1 saturated carbocycles. The summed E-state index contributed by atoms with van der Waals surface area (Å²) in [5.74, 6) is 0.983. The number of ether oxygens (including phenoxy) is 1. The van der Waals surface area contributed by atoms with Crippen LogP contribution in [0.2, 0.25) is 0 Å². The van der Waals surface area contributed by atoms with Crippen LogP contribution in [0.4, 0.5) is 0 Å². The third-order valence-electron chi connectivity index (χ3n) is 4.98. The van der Waals surface area contributed by atoms with Crippen molar-refractivity contribution in [2.75, 3.05) is 27.2 Å². The first-order chi connectivity index (χ1) is 11.7. The highest BCUT2D eigenvalue weighted by molar-refractivity contribution is 5.76. The monoisotopic (exact) mass is 332 g/mol. The first kappa shape index (κ1) is 18.8. The first-order valence-corrected chi connectivity index (χ1v) is 9.29. The molecule has 0 saturated heterocycles. The minimum atomic E-state index is 0.137. The molecule has 1 aliphatic rings. The first-order valence-electron chi connectivity index (χ1n) is 9.29. The summed E-state index contributed by atoms with van der Waals surface area (Å²) < 4.78 is 5.21. The number of carbonyl (C=O) groups is 1. The molecule has 0 unspecified atom stereocenters. The SMILES string of the molecule is COc1cccc(CCC(=O)NCCCN(C)C2CCCCC2)c1. The van der Waals surface area contributed by atoms with Crippen LogP contribution in [-0.2, 0) is 11.2 Å². The summed E-state index contributed by atoms with van der Waals surface area (Å²) in [7, 11) is 3.89. The van der Waals surface area contributed by atoms with Crippen LogP contribution in [0.25, 0.3) is 0 Å². The number of rotatable bonds is 9. The van der Waals surface area contributed by atoms with Gasteiger partial charge in [0.15, 0.2) is 0 Å². The Hall–Kier alpha value is -1.55. The van der Waals surface area contributed by atoms with E-state index in [-0.39, 0.29) is 5.91 Å². The molecule has 1 aromatic rings. The maximum atomic E-state index is 12.0. The van der Waals surface area contributed by atoms with E-state index in [1.807, 2.05) is 24.3 Å². The fourth-order valence-electron chi connectivity index (χ4n) is 3.43. The average Bonchev–Trinajstić information content (AvgIpc) is 2.64. The van der Waals surface area contributed by atoms with Crippen molar-refractivity contribution < 1.29 is 9.53 Å². The third-order valence-corrected chi connectivity index (χ3v) is 4.98. The van der Waals surface area contributed by atoms with Gasteiger partial charge in [-0.2, -0.15) is 0 Å². The molecule has 1 amide bonds. The Bertz CT molecular complexity index is 498. The summed E-state index contributed by atoms with van der Waals surface area (Å²) >= 11 is 0. The molecule has 0 bridgehead atoms. The van der Waals surface area contributed by atoms with Gasteiger partial charge in [0, 0.05) is 19.0 Å². The second-order valence-electron chi connectivity index (χ2n) is 6.83. The zero-order valence-corrected chi connectivity index (χ0v) is 15.2. The van der Waals surface area contributed by atoms with E-state index in [4.69, 9.17) is 4.74 Å². The van der Waals surface area contributed by atoms with Crippen molar-refractivity contribution in [2.45, 2.75) is 57.4 Å². The lowest BCUT2D eigenvalue weighted by atomic mass is 9.94. The van der Waals surface area contributed by atoms with Crippen LogP contribution in [0.1, 0.15) is 50.5 Å². The summed E-state index contributed by atoms with van der Waals surface area (Å²) in [6, 6.07) is 8.67. The van der Waals surface area contributed by atoms with Crippen molar-refractivity contribution in [1.82, 2.24) is 10.2 Å². The van der Waals surface area contributed by atoms with Crippen molar-refractivity contribution in [3.63, 3.8) is 0 Å². The summed E-state index contributed by atoms with van der Waals surface area (Å²) in [6.07, 6.45) is 9.13. The lowest BCUT2D eigenvalue weighted by Crippen LogP contribution is -2.35. The van der Waals surface area contributed by atoms with Gasteiger partial charge in [0.05, 0.1) is 7.11 Å². The average molecular weight is 332 g/mol. The van der Waals surface area contributed by atoms with Gasteiger partial charge >= 0.3 is 0 Å². The largest absolute Gasteiger partial charge is 0.497 e. The molecule has 1 fully saturated rings. The minimum Gasteiger partial charge on any atom is -0.497 e. The number of nitrogens with zero attached hydrogens (tertiary/aromatic N) is 1. The molecule has 0 atom stereocenters. The van der Waals surface area contributed by atoms with Crippen LogP contribution < -0.4 is 10.1 Å². The lowest BCUT2D eigenvalue weighted by molar-refractivity contribution is -0.121. The molecule has 0 spiro atoms. The highest BCUT2D eigenvalue weighted by atomic mass is 16.5. The highest BCUT2D eigenvalue weighted by Crippen LogP contribution is 2.21. The van der Waals surface area contributed by atoms with Gasteiger partial charge < -0.3 is 15.0 Å². The third kappa shape index (κ3) is 6.52. The van der Waals surface area contributed by atoms with E-state index in [1.165, 1.54) is 32.1 Å². The number of aryl methyl sites for hydroxylation is 1. The maximum Gasteiger partial charge on any atom is 0.220 e. The molecular weight excluding hydrogens is 300 g/mol. The second-order valence-corrected chi connectivity index (χ2v) is 6.83. The predicted octanol–water partition coefficient (Wildman–Crippen LogP) is 3.40. The summed E-state index contributed by atoms with van der Waals surface area (Å²) in [6.45, 7) is 1.84. The molecule has 0 heterocycles. The van der Waals surface area contributed by atoms with Crippen LogP contribution in [0.15, 0.2) is 24.3 Å². The number of methoxy groups -OCH3 is 1. The van der Waals surface area contributed by atoms with Crippen molar-refractivity contribution in [1.29, 1.82) is 0 Å².